The minimum Gasteiger partial charge on any atom is -0.334 e. The highest BCUT2D eigenvalue weighted by molar-refractivity contribution is 7.89. The molecule has 1 amide bonds. The van der Waals surface area contributed by atoms with Crippen molar-refractivity contribution in [2.75, 3.05) is 23.8 Å². The highest BCUT2D eigenvalue weighted by Crippen LogP contribution is 2.31. The largest absolute Gasteiger partial charge is 0.355 e. The van der Waals surface area contributed by atoms with Gasteiger partial charge in [-0.1, -0.05) is 26.0 Å². The summed E-state index contributed by atoms with van der Waals surface area (Å²) in [7, 11) is -3.67. The van der Waals surface area contributed by atoms with Crippen molar-refractivity contribution in [2.24, 2.45) is 0 Å². The van der Waals surface area contributed by atoms with Gasteiger partial charge in [-0.15, -0.1) is 0 Å². The van der Waals surface area contributed by atoms with Crippen molar-refractivity contribution in [3.05, 3.63) is 76.4 Å². The molecule has 14 heteroatoms. The van der Waals surface area contributed by atoms with Gasteiger partial charge in [0, 0.05) is 18.8 Å². The van der Waals surface area contributed by atoms with Gasteiger partial charge < -0.3 is 5.32 Å². The molecule has 0 saturated heterocycles. The number of anilines is 3. The number of carbonyl (C=O) groups is 1. The summed E-state index contributed by atoms with van der Waals surface area (Å²) < 4.78 is 40.4. The molecule has 3 aromatic rings. The minimum absolute atomic E-state index is 0.0714. The average Bonchev–Trinajstić information content (AvgIpc) is 2.83. The average molecular weight is 504 g/mol. The number of hydrogen-bond donors (Lipinski definition) is 3. The number of nitrogens with zero attached hydrogens (tertiary/aromatic N) is 4. The van der Waals surface area contributed by atoms with Gasteiger partial charge in [0.15, 0.2) is 0 Å². The molecule has 1 aromatic heterocycles. The zero-order chi connectivity index (χ0) is 25.6. The van der Waals surface area contributed by atoms with Crippen LogP contribution in [0.1, 0.15) is 24.2 Å². The molecular formula is C21H22FN7O5S. The summed E-state index contributed by atoms with van der Waals surface area (Å²) in [5.74, 6) is -2.20. The second-order valence-corrected chi connectivity index (χ2v) is 8.91. The number of amides is 1. The van der Waals surface area contributed by atoms with E-state index >= 15 is 0 Å². The number of nitro groups is 1. The molecule has 0 radical (unpaired) electrons. The van der Waals surface area contributed by atoms with Gasteiger partial charge in [-0.2, -0.15) is 4.31 Å². The SMILES string of the molecule is CCN(CC)S(=O)(=O)c1ccc(Nc2ncnc(NNC(=O)c3ccccc3F)c2[N+](=O)[O-])cc1. The zero-order valence-electron chi connectivity index (χ0n) is 18.7. The van der Waals surface area contributed by atoms with Crippen molar-refractivity contribution in [2.45, 2.75) is 18.7 Å². The molecule has 1 heterocycles. The Morgan fingerprint density at radius 3 is 2.29 bits per heavy atom. The van der Waals surface area contributed by atoms with Crippen LogP contribution in [0.25, 0.3) is 0 Å². The van der Waals surface area contributed by atoms with Crippen LogP contribution < -0.4 is 16.2 Å². The van der Waals surface area contributed by atoms with Crippen LogP contribution in [0.2, 0.25) is 0 Å². The summed E-state index contributed by atoms with van der Waals surface area (Å²) in [6.45, 7) is 4.09. The Hall–Kier alpha value is -4.17. The topological polar surface area (TPSA) is 159 Å². The molecule has 0 bridgehead atoms. The van der Waals surface area contributed by atoms with Crippen molar-refractivity contribution in [3.63, 3.8) is 0 Å². The minimum atomic E-state index is -3.67. The Kier molecular flexibility index (Phi) is 7.88. The first-order valence-electron chi connectivity index (χ1n) is 10.4. The van der Waals surface area contributed by atoms with E-state index in [1.165, 1.54) is 46.8 Å². The first-order chi connectivity index (χ1) is 16.7. The molecule has 0 spiro atoms. The molecule has 12 nitrogen and oxygen atoms in total. The van der Waals surface area contributed by atoms with Crippen LogP contribution in [0.4, 0.5) is 27.4 Å². The molecular weight excluding hydrogens is 481 g/mol. The predicted octanol–water partition coefficient (Wildman–Crippen LogP) is 3.05. The fourth-order valence-electron chi connectivity index (χ4n) is 3.12. The molecule has 2 aromatic carbocycles. The summed E-state index contributed by atoms with van der Waals surface area (Å²) in [5, 5.41) is 14.5. The molecule has 0 atom stereocenters. The molecule has 35 heavy (non-hydrogen) atoms. The van der Waals surface area contributed by atoms with Gasteiger partial charge in [0.25, 0.3) is 5.91 Å². The van der Waals surface area contributed by atoms with Crippen LogP contribution in [-0.4, -0.2) is 46.6 Å². The third-order valence-electron chi connectivity index (χ3n) is 4.88. The van der Waals surface area contributed by atoms with Crippen molar-refractivity contribution in [1.82, 2.24) is 19.7 Å². The second kappa shape index (κ2) is 10.8. The summed E-state index contributed by atoms with van der Waals surface area (Å²) in [6, 6.07) is 10.8. The zero-order valence-corrected chi connectivity index (χ0v) is 19.5. The highest BCUT2D eigenvalue weighted by atomic mass is 32.2. The maximum absolute atomic E-state index is 13.8. The number of sulfonamides is 1. The number of rotatable bonds is 10. The molecule has 0 fully saturated rings. The van der Waals surface area contributed by atoms with Gasteiger partial charge in [0.2, 0.25) is 21.7 Å². The second-order valence-electron chi connectivity index (χ2n) is 6.97. The lowest BCUT2D eigenvalue weighted by Gasteiger charge is -2.18. The standard InChI is InChI=1S/C21H22FN7O5S/c1-3-28(4-2)35(33,34)15-11-9-14(10-12-15)25-19-18(29(31)32)20(24-13-23-19)26-27-21(30)16-7-5-6-8-17(16)22/h5-13H,3-4H2,1-2H3,(H,27,30)(H2,23,24,25,26). The van der Waals surface area contributed by atoms with E-state index in [4.69, 9.17) is 0 Å². The summed E-state index contributed by atoms with van der Waals surface area (Å²) in [6.07, 6.45) is 1.02. The van der Waals surface area contributed by atoms with E-state index in [-0.39, 0.29) is 22.1 Å². The number of hydrazine groups is 1. The Morgan fingerprint density at radius 1 is 1.06 bits per heavy atom. The first kappa shape index (κ1) is 25.5. The maximum Gasteiger partial charge on any atom is 0.355 e. The van der Waals surface area contributed by atoms with Crippen molar-refractivity contribution in [1.29, 1.82) is 0 Å². The summed E-state index contributed by atoms with van der Waals surface area (Å²) in [4.78, 5) is 30.9. The third kappa shape index (κ3) is 5.67. The molecule has 0 aliphatic carbocycles. The van der Waals surface area contributed by atoms with Gasteiger partial charge in [-0.3, -0.25) is 25.8 Å². The Morgan fingerprint density at radius 2 is 1.69 bits per heavy atom. The predicted molar refractivity (Wildman–Crippen MR) is 126 cm³/mol. The molecule has 0 aliphatic rings. The van der Waals surface area contributed by atoms with Crippen LogP contribution >= 0.6 is 0 Å². The number of nitrogens with one attached hydrogen (secondary N) is 3. The fourth-order valence-corrected chi connectivity index (χ4v) is 4.58. The maximum atomic E-state index is 13.8. The summed E-state index contributed by atoms with van der Waals surface area (Å²) >= 11 is 0. The Bertz CT molecular complexity index is 1330. The van der Waals surface area contributed by atoms with E-state index in [1.807, 2.05) is 0 Å². The quantitative estimate of drug-likeness (QED) is 0.279. The Balaban J connectivity index is 1.82. The lowest BCUT2D eigenvalue weighted by molar-refractivity contribution is -0.383. The number of benzene rings is 2. The molecule has 3 N–H and O–H groups in total. The lowest BCUT2D eigenvalue weighted by atomic mass is 10.2. The fraction of sp³-hybridized carbons (Fsp3) is 0.190. The lowest BCUT2D eigenvalue weighted by Crippen LogP contribution is -2.31. The van der Waals surface area contributed by atoms with Crippen molar-refractivity contribution < 1.29 is 22.5 Å². The van der Waals surface area contributed by atoms with E-state index in [9.17, 15) is 27.7 Å². The van der Waals surface area contributed by atoms with Gasteiger partial charge in [0.1, 0.15) is 12.1 Å². The number of hydrogen-bond acceptors (Lipinski definition) is 9. The van der Waals surface area contributed by atoms with Crippen molar-refractivity contribution in [3.8, 4) is 0 Å². The Labute approximate surface area is 200 Å². The van der Waals surface area contributed by atoms with E-state index in [0.29, 0.717) is 18.8 Å². The van der Waals surface area contributed by atoms with Gasteiger partial charge in [0.05, 0.1) is 15.4 Å². The van der Waals surface area contributed by atoms with Crippen LogP contribution in [0.3, 0.4) is 0 Å². The van der Waals surface area contributed by atoms with E-state index in [1.54, 1.807) is 13.8 Å². The van der Waals surface area contributed by atoms with E-state index < -0.39 is 32.4 Å². The van der Waals surface area contributed by atoms with Crippen molar-refractivity contribution >= 4 is 38.9 Å². The molecule has 184 valence electrons. The molecule has 0 unspecified atom stereocenters. The number of halogens is 1. The molecule has 0 saturated carbocycles. The summed E-state index contributed by atoms with van der Waals surface area (Å²) in [5.41, 5.74) is 3.94. The smallest absolute Gasteiger partial charge is 0.334 e. The van der Waals surface area contributed by atoms with Crippen LogP contribution in [-0.2, 0) is 10.0 Å². The molecule has 0 aliphatic heterocycles. The van der Waals surface area contributed by atoms with Crippen LogP contribution in [0, 0.1) is 15.9 Å². The van der Waals surface area contributed by atoms with Gasteiger partial charge in [-0.25, -0.2) is 22.8 Å². The highest BCUT2D eigenvalue weighted by Gasteiger charge is 2.25. The van der Waals surface area contributed by atoms with E-state index in [0.717, 1.165) is 12.4 Å². The number of carbonyl (C=O) groups excluding carboxylic acids is 1. The van der Waals surface area contributed by atoms with Crippen LogP contribution in [0.5, 0.6) is 0 Å². The normalized spacial score (nSPS) is 11.2. The first-order valence-corrected chi connectivity index (χ1v) is 11.8. The van der Waals surface area contributed by atoms with E-state index in [2.05, 4.69) is 26.1 Å². The van der Waals surface area contributed by atoms with Gasteiger partial charge >= 0.3 is 5.69 Å². The monoisotopic (exact) mass is 503 g/mol. The van der Waals surface area contributed by atoms with Crippen LogP contribution in [0.15, 0.2) is 59.8 Å². The third-order valence-corrected chi connectivity index (χ3v) is 6.94. The molecule has 3 rings (SSSR count). The number of aromatic nitrogens is 2. The van der Waals surface area contributed by atoms with Gasteiger partial charge in [-0.05, 0) is 36.4 Å².